The van der Waals surface area contributed by atoms with Gasteiger partial charge in [-0.15, -0.1) is 0 Å². The van der Waals surface area contributed by atoms with Gasteiger partial charge in [-0.2, -0.15) is 0 Å². The van der Waals surface area contributed by atoms with Crippen molar-refractivity contribution >= 4 is 0 Å². The molecule has 1 fully saturated rings. The van der Waals surface area contributed by atoms with Gasteiger partial charge in [-0.1, -0.05) is 55.1 Å². The highest BCUT2D eigenvalue weighted by Gasteiger charge is 2.24. The van der Waals surface area contributed by atoms with Gasteiger partial charge in [0.25, 0.3) is 0 Å². The molecule has 0 amide bonds. The summed E-state index contributed by atoms with van der Waals surface area (Å²) in [6, 6.07) is 8.71. The van der Waals surface area contributed by atoms with Gasteiger partial charge in [0, 0.05) is 0 Å². The predicted molar refractivity (Wildman–Crippen MR) is 77.5 cm³/mol. The van der Waals surface area contributed by atoms with Gasteiger partial charge in [-0.25, -0.2) is 0 Å². The lowest BCUT2D eigenvalue weighted by atomic mass is 9.81. The first-order valence-corrected chi connectivity index (χ1v) is 6.47. The second-order valence-corrected chi connectivity index (χ2v) is 5.41. The lowest BCUT2D eigenvalue weighted by molar-refractivity contribution is 0.944. The highest BCUT2D eigenvalue weighted by atomic mass is 14.3. The lowest BCUT2D eigenvalue weighted by Gasteiger charge is -2.24. The molecular weight excluding hydrogens is 216 g/mol. The van der Waals surface area contributed by atoms with Gasteiger partial charge in [-0.05, 0) is 53.5 Å². The van der Waals surface area contributed by atoms with E-state index in [2.05, 4.69) is 44.0 Å². The van der Waals surface area contributed by atoms with E-state index < -0.39 is 0 Å². The summed E-state index contributed by atoms with van der Waals surface area (Å²) in [6.07, 6.45) is 4.01. The van der Waals surface area contributed by atoms with E-state index >= 15 is 0 Å². The van der Waals surface area contributed by atoms with Crippen molar-refractivity contribution in [3.8, 4) is 0 Å². The maximum absolute atomic E-state index is 4.22. The third-order valence-corrected chi connectivity index (χ3v) is 3.91. The van der Waals surface area contributed by atoms with Crippen molar-refractivity contribution in [2.75, 3.05) is 0 Å². The molecule has 0 saturated heterocycles. The Morgan fingerprint density at radius 2 is 1.22 bits per heavy atom. The Hall–Kier alpha value is -1.82. The summed E-state index contributed by atoms with van der Waals surface area (Å²) in [6.45, 7) is 12.5. The van der Waals surface area contributed by atoms with E-state index in [1.807, 2.05) is 0 Å². The van der Waals surface area contributed by atoms with E-state index in [1.54, 1.807) is 0 Å². The molecule has 0 unspecified atom stereocenters. The van der Waals surface area contributed by atoms with Crippen molar-refractivity contribution in [1.82, 2.24) is 0 Å². The standard InChI is InChI=1S/C18H18/c1-12-8-13(2)18(14(3)9-12)17-10-15-6-4-5-7-16(15)11-17/h4-7H,1-3,8-11H2. The van der Waals surface area contributed by atoms with Gasteiger partial charge in [-0.3, -0.25) is 0 Å². The molecule has 0 bridgehead atoms. The molecule has 0 N–H and O–H groups in total. The Morgan fingerprint density at radius 3 is 1.72 bits per heavy atom. The zero-order valence-corrected chi connectivity index (χ0v) is 10.8. The minimum absolute atomic E-state index is 0.939. The SMILES string of the molecule is C=C1CC(=C)C(=C2Cc3ccccc3C2)C(=C)C1. The van der Waals surface area contributed by atoms with E-state index in [-0.39, 0.29) is 0 Å². The molecule has 2 aliphatic carbocycles. The molecule has 90 valence electrons. The number of rotatable bonds is 0. The Labute approximate surface area is 109 Å². The summed E-state index contributed by atoms with van der Waals surface area (Å²) in [5, 5.41) is 0. The summed E-state index contributed by atoms with van der Waals surface area (Å²) in [5.74, 6) is 0. The van der Waals surface area contributed by atoms with Gasteiger partial charge >= 0.3 is 0 Å². The Bertz CT molecular complexity index is 547. The van der Waals surface area contributed by atoms with E-state index in [1.165, 1.54) is 39.0 Å². The number of fused-ring (bicyclic) bond motifs is 1. The van der Waals surface area contributed by atoms with Crippen LogP contribution in [0.4, 0.5) is 0 Å². The van der Waals surface area contributed by atoms with Crippen LogP contribution in [0.3, 0.4) is 0 Å². The molecule has 0 atom stereocenters. The zero-order valence-electron chi connectivity index (χ0n) is 10.8. The molecule has 0 aromatic heterocycles. The van der Waals surface area contributed by atoms with Gasteiger partial charge in [0.1, 0.15) is 0 Å². The molecule has 0 aliphatic heterocycles. The minimum atomic E-state index is 0.939. The molecule has 0 nitrogen and oxygen atoms in total. The van der Waals surface area contributed by atoms with Gasteiger partial charge < -0.3 is 0 Å². The van der Waals surface area contributed by atoms with Crippen molar-refractivity contribution in [2.45, 2.75) is 25.7 Å². The first-order chi connectivity index (χ1) is 8.65. The van der Waals surface area contributed by atoms with Crippen LogP contribution in [0, 0.1) is 0 Å². The fraction of sp³-hybridized carbons (Fsp3) is 0.222. The van der Waals surface area contributed by atoms with Crippen molar-refractivity contribution in [2.24, 2.45) is 0 Å². The minimum Gasteiger partial charge on any atom is -0.0992 e. The van der Waals surface area contributed by atoms with Crippen LogP contribution in [0.5, 0.6) is 0 Å². The van der Waals surface area contributed by atoms with Crippen molar-refractivity contribution in [1.29, 1.82) is 0 Å². The normalized spacial score (nSPS) is 19.4. The maximum Gasteiger partial charge on any atom is -0.00517 e. The number of allylic oxidation sites excluding steroid dienone is 5. The molecule has 2 aliphatic rings. The van der Waals surface area contributed by atoms with Crippen LogP contribution in [0.15, 0.2) is 71.9 Å². The maximum atomic E-state index is 4.22. The first kappa shape index (κ1) is 11.3. The van der Waals surface area contributed by atoms with Crippen LogP contribution in [0.2, 0.25) is 0 Å². The Morgan fingerprint density at radius 1 is 0.722 bits per heavy atom. The third-order valence-electron chi connectivity index (χ3n) is 3.91. The fourth-order valence-electron chi connectivity index (χ4n) is 3.19. The summed E-state index contributed by atoms with van der Waals surface area (Å²) in [4.78, 5) is 0. The van der Waals surface area contributed by atoms with E-state index in [0.717, 1.165) is 25.7 Å². The average molecular weight is 234 g/mol. The fourth-order valence-corrected chi connectivity index (χ4v) is 3.19. The van der Waals surface area contributed by atoms with Gasteiger partial charge in [0.15, 0.2) is 0 Å². The zero-order chi connectivity index (χ0) is 12.7. The second-order valence-electron chi connectivity index (χ2n) is 5.41. The third kappa shape index (κ3) is 1.78. The van der Waals surface area contributed by atoms with Crippen LogP contribution >= 0.6 is 0 Å². The topological polar surface area (TPSA) is 0 Å². The molecule has 0 radical (unpaired) electrons. The summed E-state index contributed by atoms with van der Waals surface area (Å²) in [7, 11) is 0. The van der Waals surface area contributed by atoms with Crippen molar-refractivity contribution < 1.29 is 0 Å². The van der Waals surface area contributed by atoms with Crippen LogP contribution in [-0.2, 0) is 12.8 Å². The molecule has 1 aromatic rings. The molecule has 18 heavy (non-hydrogen) atoms. The highest BCUT2D eigenvalue weighted by Crippen LogP contribution is 2.40. The van der Waals surface area contributed by atoms with Crippen molar-refractivity contribution in [3.05, 3.63) is 83.0 Å². The molecule has 1 aromatic carbocycles. The summed E-state index contributed by atoms with van der Waals surface area (Å²) < 4.78 is 0. The predicted octanol–water partition coefficient (Wildman–Crippen LogP) is 4.54. The molecule has 0 heterocycles. The number of hydrogen-bond acceptors (Lipinski definition) is 0. The first-order valence-electron chi connectivity index (χ1n) is 6.47. The average Bonchev–Trinajstić information content (AvgIpc) is 2.70. The Kier molecular flexibility index (Phi) is 2.59. The van der Waals surface area contributed by atoms with Crippen LogP contribution in [-0.4, -0.2) is 0 Å². The largest absolute Gasteiger partial charge is 0.0992 e. The van der Waals surface area contributed by atoms with Crippen LogP contribution in [0.1, 0.15) is 24.0 Å². The number of hydrogen-bond donors (Lipinski definition) is 0. The monoisotopic (exact) mass is 234 g/mol. The summed E-state index contributed by atoms with van der Waals surface area (Å²) in [5.41, 5.74) is 9.43. The van der Waals surface area contributed by atoms with Crippen LogP contribution in [0.25, 0.3) is 0 Å². The number of benzene rings is 1. The van der Waals surface area contributed by atoms with E-state index in [4.69, 9.17) is 0 Å². The van der Waals surface area contributed by atoms with Gasteiger partial charge in [0.2, 0.25) is 0 Å². The van der Waals surface area contributed by atoms with Crippen molar-refractivity contribution in [3.63, 3.8) is 0 Å². The lowest BCUT2D eigenvalue weighted by Crippen LogP contribution is -2.06. The molecule has 1 saturated carbocycles. The second kappa shape index (κ2) is 4.13. The molecule has 0 spiro atoms. The highest BCUT2D eigenvalue weighted by molar-refractivity contribution is 5.57. The quantitative estimate of drug-likeness (QED) is 0.578. The van der Waals surface area contributed by atoms with E-state index in [9.17, 15) is 0 Å². The Balaban J connectivity index is 2.01. The smallest absolute Gasteiger partial charge is 0.00517 e. The van der Waals surface area contributed by atoms with Crippen LogP contribution < -0.4 is 0 Å². The molecule has 3 rings (SSSR count). The van der Waals surface area contributed by atoms with E-state index in [0.29, 0.717) is 0 Å². The molecular formula is C18H18. The molecule has 0 heteroatoms. The summed E-state index contributed by atoms with van der Waals surface area (Å²) >= 11 is 0. The van der Waals surface area contributed by atoms with Gasteiger partial charge in [0.05, 0.1) is 0 Å².